The summed E-state index contributed by atoms with van der Waals surface area (Å²) in [6.07, 6.45) is 7.97. The number of nitrogens with zero attached hydrogens (tertiary/aromatic N) is 6. The Labute approximate surface area is 178 Å². The highest BCUT2D eigenvalue weighted by atomic mass is 32.2. The first-order chi connectivity index (χ1) is 14.3. The van der Waals surface area contributed by atoms with E-state index in [0.717, 1.165) is 28.3 Å². The van der Waals surface area contributed by atoms with Gasteiger partial charge >= 0.3 is 0 Å². The van der Waals surface area contributed by atoms with Crippen LogP contribution in [0.25, 0.3) is 16.9 Å². The van der Waals surface area contributed by atoms with Crippen molar-refractivity contribution in [3.63, 3.8) is 0 Å². The van der Waals surface area contributed by atoms with Gasteiger partial charge in [-0.15, -0.1) is 11.3 Å². The van der Waals surface area contributed by atoms with Crippen LogP contribution in [0.1, 0.15) is 5.69 Å². The van der Waals surface area contributed by atoms with Gasteiger partial charge in [0.25, 0.3) is 10.0 Å². The van der Waals surface area contributed by atoms with E-state index in [1.54, 1.807) is 29.2 Å². The zero-order valence-corrected chi connectivity index (χ0v) is 18.4. The first-order valence-corrected chi connectivity index (χ1v) is 11.4. The van der Waals surface area contributed by atoms with Crippen molar-refractivity contribution in [2.45, 2.75) is 10.6 Å². The second-order valence-electron chi connectivity index (χ2n) is 6.89. The first-order valence-electron chi connectivity index (χ1n) is 9.15. The van der Waals surface area contributed by atoms with Crippen molar-refractivity contribution in [3.05, 3.63) is 42.6 Å². The van der Waals surface area contributed by atoms with E-state index in [4.69, 9.17) is 5.73 Å². The Balaban J connectivity index is 1.77. The zero-order chi connectivity index (χ0) is 21.5. The lowest BCUT2D eigenvalue weighted by Crippen LogP contribution is -2.21. The number of nitrogens with one attached hydrogen (secondary N) is 1. The number of rotatable bonds is 7. The molecule has 4 rings (SSSR count). The number of aryl methyl sites for hydroxylation is 1. The predicted octanol–water partition coefficient (Wildman–Crippen LogP) is 1.69. The number of thiophene rings is 1. The van der Waals surface area contributed by atoms with Crippen molar-refractivity contribution in [1.82, 2.24) is 28.5 Å². The van der Waals surface area contributed by atoms with Gasteiger partial charge in [-0.3, -0.25) is 9.08 Å². The molecule has 30 heavy (non-hydrogen) atoms. The van der Waals surface area contributed by atoms with Crippen molar-refractivity contribution in [1.29, 1.82) is 0 Å². The molecule has 4 aromatic rings. The molecule has 0 radical (unpaired) electrons. The summed E-state index contributed by atoms with van der Waals surface area (Å²) < 4.78 is 29.9. The fourth-order valence-electron chi connectivity index (χ4n) is 2.98. The van der Waals surface area contributed by atoms with Crippen LogP contribution in [0.2, 0.25) is 0 Å². The fourth-order valence-corrected chi connectivity index (χ4v) is 5.35. The minimum absolute atomic E-state index is 0.253. The van der Waals surface area contributed by atoms with Crippen LogP contribution in [-0.4, -0.2) is 57.5 Å². The molecule has 4 aromatic heterocycles. The summed E-state index contributed by atoms with van der Waals surface area (Å²) in [7, 11) is 1.38. The number of imidazole rings is 1. The van der Waals surface area contributed by atoms with Crippen molar-refractivity contribution in [2.75, 3.05) is 26.0 Å². The monoisotopic (exact) mass is 446 g/mol. The molecule has 0 unspecified atom stereocenters. The summed E-state index contributed by atoms with van der Waals surface area (Å²) in [5, 5.41) is 8.11. The molecule has 0 spiro atoms. The summed E-state index contributed by atoms with van der Waals surface area (Å²) in [6.45, 7) is 0.457. The Bertz CT molecular complexity index is 1300. The molecule has 0 aromatic carbocycles. The zero-order valence-electron chi connectivity index (χ0n) is 16.8. The number of nitrogens with two attached hydrogens (primary N) is 1. The number of fused-ring (bicyclic) bond motifs is 1. The van der Waals surface area contributed by atoms with Gasteiger partial charge in [0.1, 0.15) is 4.21 Å². The van der Waals surface area contributed by atoms with Crippen molar-refractivity contribution in [2.24, 2.45) is 12.8 Å². The molecule has 0 saturated carbocycles. The molecule has 158 valence electrons. The summed E-state index contributed by atoms with van der Waals surface area (Å²) in [4.78, 5) is 9.19. The standard InChI is InChI=1S/C18H22N8O2S2/c1-24(2)30(27,28)16-5-4-15(29-16)23-17-18-20-9-14(12-8-21-25(3)10-12)26(18)11-13(22-17)6-7-19/h4-5,8-11H,6-7,19H2,1-3H3,(H,22,23). The summed E-state index contributed by atoms with van der Waals surface area (Å²) >= 11 is 1.14. The van der Waals surface area contributed by atoms with Gasteiger partial charge in [-0.05, 0) is 18.7 Å². The lowest BCUT2D eigenvalue weighted by atomic mass is 10.2. The van der Waals surface area contributed by atoms with Gasteiger partial charge in [0, 0.05) is 45.5 Å². The Kier molecular flexibility index (Phi) is 5.32. The highest BCUT2D eigenvalue weighted by molar-refractivity contribution is 7.91. The topological polar surface area (TPSA) is 123 Å². The second kappa shape index (κ2) is 7.80. The number of sulfonamides is 1. The number of anilines is 2. The van der Waals surface area contributed by atoms with E-state index in [-0.39, 0.29) is 4.21 Å². The van der Waals surface area contributed by atoms with Gasteiger partial charge < -0.3 is 11.1 Å². The molecule has 0 bridgehead atoms. The molecule has 0 fully saturated rings. The van der Waals surface area contributed by atoms with Crippen molar-refractivity contribution in [3.8, 4) is 11.3 Å². The Morgan fingerprint density at radius 1 is 1.23 bits per heavy atom. The van der Waals surface area contributed by atoms with E-state index < -0.39 is 10.0 Å². The highest BCUT2D eigenvalue weighted by Crippen LogP contribution is 2.31. The Hall–Kier alpha value is -2.80. The lowest BCUT2D eigenvalue weighted by molar-refractivity contribution is 0.523. The SMILES string of the molecule is CN(C)S(=O)(=O)c1ccc(Nc2nc(CCN)cn3c(-c4cnn(C)c4)cnc23)s1. The van der Waals surface area contributed by atoms with Gasteiger partial charge in [-0.1, -0.05) is 0 Å². The molecule has 0 amide bonds. The van der Waals surface area contributed by atoms with Crippen molar-refractivity contribution >= 4 is 37.8 Å². The van der Waals surface area contributed by atoms with Crippen LogP contribution >= 0.6 is 11.3 Å². The minimum Gasteiger partial charge on any atom is -0.330 e. The molecule has 0 saturated heterocycles. The van der Waals surface area contributed by atoms with Crippen LogP contribution in [0, 0.1) is 0 Å². The van der Waals surface area contributed by atoms with Gasteiger partial charge in [0.05, 0.1) is 28.8 Å². The molecule has 0 aliphatic rings. The second-order valence-corrected chi connectivity index (χ2v) is 10.4. The predicted molar refractivity (Wildman–Crippen MR) is 116 cm³/mol. The molecule has 12 heteroatoms. The van der Waals surface area contributed by atoms with Crippen LogP contribution < -0.4 is 11.1 Å². The van der Waals surface area contributed by atoms with Crippen LogP contribution in [0.5, 0.6) is 0 Å². The van der Waals surface area contributed by atoms with E-state index in [0.29, 0.717) is 29.4 Å². The fraction of sp³-hybridized carbons (Fsp3) is 0.278. The maximum Gasteiger partial charge on any atom is 0.252 e. The molecule has 10 nitrogen and oxygen atoms in total. The maximum atomic E-state index is 12.4. The molecular weight excluding hydrogens is 424 g/mol. The summed E-state index contributed by atoms with van der Waals surface area (Å²) in [6, 6.07) is 3.30. The van der Waals surface area contributed by atoms with Gasteiger partial charge in [-0.2, -0.15) is 5.10 Å². The highest BCUT2D eigenvalue weighted by Gasteiger charge is 2.20. The molecule has 0 aliphatic heterocycles. The summed E-state index contributed by atoms with van der Waals surface area (Å²) in [5.41, 5.74) is 8.98. The minimum atomic E-state index is -3.49. The third-order valence-corrected chi connectivity index (χ3v) is 7.78. The third kappa shape index (κ3) is 3.69. The molecule has 3 N–H and O–H groups in total. The first kappa shape index (κ1) is 20.5. The molecule has 4 heterocycles. The van der Waals surface area contributed by atoms with E-state index in [1.807, 2.05) is 23.8 Å². The molecular formula is C18H22N8O2S2. The normalized spacial score (nSPS) is 12.2. The van der Waals surface area contributed by atoms with Crippen molar-refractivity contribution < 1.29 is 8.42 Å². The summed E-state index contributed by atoms with van der Waals surface area (Å²) in [5.74, 6) is 0.534. The van der Waals surface area contributed by atoms with Gasteiger partial charge in [0.2, 0.25) is 0 Å². The van der Waals surface area contributed by atoms with Gasteiger partial charge in [-0.25, -0.2) is 22.7 Å². The van der Waals surface area contributed by atoms with Crippen LogP contribution in [0.4, 0.5) is 10.8 Å². The third-order valence-electron chi connectivity index (χ3n) is 4.50. The maximum absolute atomic E-state index is 12.4. The van der Waals surface area contributed by atoms with E-state index >= 15 is 0 Å². The number of aromatic nitrogens is 5. The largest absolute Gasteiger partial charge is 0.330 e. The van der Waals surface area contributed by atoms with Crippen LogP contribution in [-0.2, 0) is 23.5 Å². The van der Waals surface area contributed by atoms with Crippen LogP contribution in [0.15, 0.2) is 41.1 Å². The quantitative estimate of drug-likeness (QED) is 0.443. The molecule has 0 atom stereocenters. The lowest BCUT2D eigenvalue weighted by Gasteiger charge is -2.10. The van der Waals surface area contributed by atoms with E-state index in [9.17, 15) is 8.42 Å². The van der Waals surface area contributed by atoms with E-state index in [2.05, 4.69) is 20.4 Å². The number of hydrogen-bond donors (Lipinski definition) is 2. The Morgan fingerprint density at radius 3 is 2.70 bits per heavy atom. The Morgan fingerprint density at radius 2 is 2.03 bits per heavy atom. The van der Waals surface area contributed by atoms with Gasteiger partial charge in [0.15, 0.2) is 11.5 Å². The number of hydrogen-bond acceptors (Lipinski definition) is 8. The molecule has 0 aliphatic carbocycles. The van der Waals surface area contributed by atoms with Crippen LogP contribution in [0.3, 0.4) is 0 Å². The van der Waals surface area contributed by atoms with E-state index in [1.165, 1.54) is 18.4 Å². The average molecular weight is 447 g/mol. The smallest absolute Gasteiger partial charge is 0.252 e. The average Bonchev–Trinajstić information content (AvgIpc) is 3.41.